The van der Waals surface area contributed by atoms with Crippen LogP contribution in [0.15, 0.2) is 65.3 Å². The molecule has 0 saturated heterocycles. The maximum atomic E-state index is 13.6. The third kappa shape index (κ3) is 5.68. The minimum absolute atomic E-state index is 0.0367. The van der Waals surface area contributed by atoms with Gasteiger partial charge in [-0.25, -0.2) is 0 Å². The van der Waals surface area contributed by atoms with E-state index < -0.39 is 0 Å². The molecule has 0 unspecified atom stereocenters. The Kier molecular flexibility index (Phi) is 7.43. The zero-order chi connectivity index (χ0) is 22.3. The van der Waals surface area contributed by atoms with Gasteiger partial charge in [-0.3, -0.25) is 9.59 Å². The zero-order valence-electron chi connectivity index (χ0n) is 18.5. The molecule has 6 heteroatoms. The van der Waals surface area contributed by atoms with Crippen LogP contribution < -0.4 is 0 Å². The van der Waals surface area contributed by atoms with Gasteiger partial charge in [-0.15, -0.1) is 11.3 Å². The molecule has 0 atom stereocenters. The van der Waals surface area contributed by atoms with Gasteiger partial charge in [0.1, 0.15) is 6.54 Å². The van der Waals surface area contributed by atoms with Gasteiger partial charge >= 0.3 is 0 Å². The van der Waals surface area contributed by atoms with Crippen LogP contribution >= 0.6 is 11.3 Å². The Morgan fingerprint density at radius 1 is 0.969 bits per heavy atom. The second kappa shape index (κ2) is 10.6. The lowest BCUT2D eigenvalue weighted by Crippen LogP contribution is -2.47. The second-order valence-corrected chi connectivity index (χ2v) is 9.82. The first-order valence-electron chi connectivity index (χ1n) is 11.3. The number of hydrogen-bond acceptors (Lipinski definition) is 4. The van der Waals surface area contributed by atoms with E-state index in [0.29, 0.717) is 18.8 Å². The van der Waals surface area contributed by atoms with E-state index >= 15 is 0 Å². The van der Waals surface area contributed by atoms with Gasteiger partial charge in [0, 0.05) is 22.3 Å². The Balaban J connectivity index is 1.55. The predicted molar refractivity (Wildman–Crippen MR) is 126 cm³/mol. The summed E-state index contributed by atoms with van der Waals surface area (Å²) in [6.45, 7) is 3.20. The molecule has 1 fully saturated rings. The molecule has 3 aromatic rings. The topological polar surface area (TPSA) is 53.8 Å². The number of aryl methyl sites for hydroxylation is 1. The zero-order valence-corrected chi connectivity index (χ0v) is 19.4. The van der Waals surface area contributed by atoms with E-state index in [1.54, 1.807) is 28.4 Å². The fraction of sp³-hybridized carbons (Fsp3) is 0.385. The quantitative estimate of drug-likeness (QED) is 0.445. The third-order valence-corrected chi connectivity index (χ3v) is 7.01. The Labute approximate surface area is 193 Å². The summed E-state index contributed by atoms with van der Waals surface area (Å²) in [5.41, 5.74) is 1.08. The Morgan fingerprint density at radius 2 is 1.75 bits per heavy atom. The summed E-state index contributed by atoms with van der Waals surface area (Å²) in [5, 5.41) is 0. The molecule has 32 heavy (non-hydrogen) atoms. The van der Waals surface area contributed by atoms with E-state index in [1.165, 1.54) is 17.6 Å². The molecular weight excluding hydrogens is 420 g/mol. The van der Waals surface area contributed by atoms with E-state index in [1.807, 2.05) is 35.2 Å². The molecular formula is C26H30N2O3S. The summed E-state index contributed by atoms with van der Waals surface area (Å²) >= 11 is 1.71. The van der Waals surface area contributed by atoms with Crippen molar-refractivity contribution in [2.24, 2.45) is 0 Å². The van der Waals surface area contributed by atoms with Crippen molar-refractivity contribution in [3.05, 3.63) is 81.9 Å². The summed E-state index contributed by atoms with van der Waals surface area (Å²) in [4.78, 5) is 32.8. The molecule has 0 bridgehead atoms. The highest BCUT2D eigenvalue weighted by Crippen LogP contribution is 2.25. The predicted octanol–water partition coefficient (Wildman–Crippen LogP) is 5.65. The van der Waals surface area contributed by atoms with Gasteiger partial charge < -0.3 is 14.2 Å². The number of nitrogens with zero attached hydrogens (tertiary/aromatic N) is 2. The van der Waals surface area contributed by atoms with Gasteiger partial charge in [-0.05, 0) is 49.6 Å². The van der Waals surface area contributed by atoms with Crippen LogP contribution in [-0.2, 0) is 17.9 Å². The van der Waals surface area contributed by atoms with Gasteiger partial charge in [0.05, 0.1) is 12.8 Å². The highest BCUT2D eigenvalue weighted by Gasteiger charge is 2.31. The Hall–Kier alpha value is -2.86. The Bertz CT molecular complexity index is 1010. The van der Waals surface area contributed by atoms with Crippen molar-refractivity contribution in [3.8, 4) is 0 Å². The van der Waals surface area contributed by atoms with Crippen LogP contribution in [-0.4, -0.2) is 34.2 Å². The van der Waals surface area contributed by atoms with Gasteiger partial charge in [-0.1, -0.05) is 49.6 Å². The maximum absolute atomic E-state index is 13.6. The molecule has 0 N–H and O–H groups in total. The van der Waals surface area contributed by atoms with Crippen LogP contribution in [0.25, 0.3) is 0 Å². The molecule has 1 saturated carbocycles. The van der Waals surface area contributed by atoms with Crippen LogP contribution in [0.2, 0.25) is 0 Å². The minimum atomic E-state index is -0.193. The smallest absolute Gasteiger partial charge is 0.290 e. The van der Waals surface area contributed by atoms with E-state index in [9.17, 15) is 9.59 Å². The first-order valence-corrected chi connectivity index (χ1v) is 12.1. The van der Waals surface area contributed by atoms with E-state index in [4.69, 9.17) is 4.42 Å². The van der Waals surface area contributed by atoms with Crippen LogP contribution in [0.4, 0.5) is 0 Å². The highest BCUT2D eigenvalue weighted by atomic mass is 32.1. The highest BCUT2D eigenvalue weighted by molar-refractivity contribution is 7.11. The lowest BCUT2D eigenvalue weighted by Gasteiger charge is -2.35. The van der Waals surface area contributed by atoms with Crippen molar-refractivity contribution in [2.75, 3.05) is 6.54 Å². The van der Waals surface area contributed by atoms with Crippen LogP contribution in [0.3, 0.4) is 0 Å². The molecule has 1 aliphatic rings. The number of rotatable bonds is 8. The van der Waals surface area contributed by atoms with Crippen molar-refractivity contribution >= 4 is 23.2 Å². The molecule has 2 amide bonds. The SMILES string of the molecule is Cc1ccc(CN(Cc2ccccc2)C(=O)CN(C(=O)c2ccco2)C2CCCCC2)s1. The number of amides is 2. The average Bonchev–Trinajstić information content (AvgIpc) is 3.50. The molecule has 4 rings (SSSR count). The molecule has 1 aliphatic carbocycles. The third-order valence-electron chi connectivity index (χ3n) is 6.03. The molecule has 0 radical (unpaired) electrons. The molecule has 5 nitrogen and oxygen atoms in total. The monoisotopic (exact) mass is 450 g/mol. The normalized spacial score (nSPS) is 14.3. The van der Waals surface area contributed by atoms with E-state index in [2.05, 4.69) is 19.1 Å². The molecule has 2 aromatic heterocycles. The standard InChI is InChI=1S/C26H30N2O3S/c1-20-14-15-23(32-20)18-27(17-21-9-4-2-5-10-21)25(29)19-28(22-11-6-3-7-12-22)26(30)24-13-8-16-31-24/h2,4-5,8-10,13-16,22H,3,6-7,11-12,17-19H2,1H3. The summed E-state index contributed by atoms with van der Waals surface area (Å²) in [5.74, 6) is 0.0686. The van der Waals surface area contributed by atoms with E-state index in [-0.39, 0.29) is 24.4 Å². The average molecular weight is 451 g/mol. The first kappa shape index (κ1) is 22.3. The largest absolute Gasteiger partial charge is 0.459 e. The Morgan fingerprint density at radius 3 is 2.41 bits per heavy atom. The van der Waals surface area contributed by atoms with Gasteiger partial charge in [0.2, 0.25) is 5.91 Å². The number of furan rings is 1. The van der Waals surface area contributed by atoms with Crippen LogP contribution in [0.1, 0.15) is 58.0 Å². The van der Waals surface area contributed by atoms with Gasteiger partial charge in [0.15, 0.2) is 5.76 Å². The van der Waals surface area contributed by atoms with Gasteiger partial charge in [0.25, 0.3) is 5.91 Å². The number of carbonyl (C=O) groups is 2. The lowest BCUT2D eigenvalue weighted by molar-refractivity contribution is -0.133. The van der Waals surface area contributed by atoms with Crippen LogP contribution in [0.5, 0.6) is 0 Å². The summed E-state index contributed by atoms with van der Waals surface area (Å²) < 4.78 is 5.39. The summed E-state index contributed by atoms with van der Waals surface area (Å²) in [7, 11) is 0. The fourth-order valence-electron chi connectivity index (χ4n) is 4.34. The second-order valence-electron chi connectivity index (χ2n) is 8.45. The fourth-order valence-corrected chi connectivity index (χ4v) is 5.25. The van der Waals surface area contributed by atoms with Gasteiger partial charge in [-0.2, -0.15) is 0 Å². The maximum Gasteiger partial charge on any atom is 0.290 e. The van der Waals surface area contributed by atoms with Crippen molar-refractivity contribution < 1.29 is 14.0 Å². The number of hydrogen-bond donors (Lipinski definition) is 0. The first-order chi connectivity index (χ1) is 15.6. The number of benzene rings is 1. The van der Waals surface area contributed by atoms with Crippen molar-refractivity contribution in [1.29, 1.82) is 0 Å². The molecule has 0 spiro atoms. The summed E-state index contributed by atoms with van der Waals surface area (Å²) in [6.07, 6.45) is 6.73. The molecule has 0 aliphatic heterocycles. The minimum Gasteiger partial charge on any atom is -0.459 e. The molecule has 168 valence electrons. The van der Waals surface area contributed by atoms with Crippen molar-refractivity contribution in [2.45, 2.75) is 58.2 Å². The van der Waals surface area contributed by atoms with E-state index in [0.717, 1.165) is 36.1 Å². The number of thiophene rings is 1. The number of carbonyl (C=O) groups excluding carboxylic acids is 2. The summed E-state index contributed by atoms with van der Waals surface area (Å²) in [6, 6.07) is 17.7. The van der Waals surface area contributed by atoms with Crippen molar-refractivity contribution in [1.82, 2.24) is 9.80 Å². The van der Waals surface area contributed by atoms with Crippen LogP contribution in [0, 0.1) is 6.92 Å². The van der Waals surface area contributed by atoms with Crippen molar-refractivity contribution in [3.63, 3.8) is 0 Å². The molecule has 2 heterocycles. The lowest BCUT2D eigenvalue weighted by atomic mass is 9.94. The molecule has 1 aromatic carbocycles.